The van der Waals surface area contributed by atoms with Crippen molar-refractivity contribution in [2.75, 3.05) is 26.5 Å². The molecular formula is C16H22NO8P. The SMILES string of the molecule is CCOC(=O)N(CC(=O)OC)CP(=O)(O)[C@H](Cc1ccccc1)C(=O)O. The number of ether oxygens (including phenoxy) is 2. The van der Waals surface area contributed by atoms with E-state index in [2.05, 4.69) is 4.74 Å². The highest BCUT2D eigenvalue weighted by Gasteiger charge is 2.40. The van der Waals surface area contributed by atoms with E-state index in [0.717, 1.165) is 7.11 Å². The molecule has 9 nitrogen and oxygen atoms in total. The lowest BCUT2D eigenvalue weighted by atomic mass is 10.1. The largest absolute Gasteiger partial charge is 0.481 e. The number of methoxy groups -OCH3 is 1. The first kappa shape index (κ1) is 21.7. The zero-order chi connectivity index (χ0) is 19.7. The third-order valence-corrected chi connectivity index (χ3v) is 5.62. The Bertz CT molecular complexity index is 678. The van der Waals surface area contributed by atoms with Crippen LogP contribution < -0.4 is 0 Å². The molecule has 0 aliphatic heterocycles. The van der Waals surface area contributed by atoms with Crippen LogP contribution >= 0.6 is 7.37 Å². The summed E-state index contributed by atoms with van der Waals surface area (Å²) in [6.07, 6.45) is -2.04. The van der Waals surface area contributed by atoms with Gasteiger partial charge in [0.15, 0.2) is 0 Å². The topological polar surface area (TPSA) is 130 Å². The molecule has 1 aromatic carbocycles. The van der Waals surface area contributed by atoms with E-state index in [1.807, 2.05) is 0 Å². The maximum atomic E-state index is 12.7. The molecule has 2 N–H and O–H groups in total. The third kappa shape index (κ3) is 6.50. The van der Waals surface area contributed by atoms with Crippen molar-refractivity contribution in [2.24, 2.45) is 0 Å². The van der Waals surface area contributed by atoms with Gasteiger partial charge in [-0.15, -0.1) is 0 Å². The second kappa shape index (κ2) is 9.94. The van der Waals surface area contributed by atoms with Crippen LogP contribution in [0.1, 0.15) is 12.5 Å². The number of rotatable bonds is 9. The Labute approximate surface area is 151 Å². The monoisotopic (exact) mass is 387 g/mol. The van der Waals surface area contributed by atoms with Crippen LogP contribution in [0, 0.1) is 0 Å². The van der Waals surface area contributed by atoms with Crippen molar-refractivity contribution in [3.05, 3.63) is 35.9 Å². The van der Waals surface area contributed by atoms with Crippen molar-refractivity contribution < 1.29 is 38.4 Å². The number of aliphatic carboxylic acids is 1. The quantitative estimate of drug-likeness (QED) is 0.482. The van der Waals surface area contributed by atoms with Gasteiger partial charge in [-0.05, 0) is 18.9 Å². The van der Waals surface area contributed by atoms with Crippen molar-refractivity contribution in [1.29, 1.82) is 0 Å². The summed E-state index contributed by atoms with van der Waals surface area (Å²) in [7, 11) is -3.31. The van der Waals surface area contributed by atoms with Crippen LogP contribution in [0.2, 0.25) is 0 Å². The molecule has 10 heteroatoms. The van der Waals surface area contributed by atoms with Gasteiger partial charge in [0.25, 0.3) is 0 Å². The van der Waals surface area contributed by atoms with Crippen LogP contribution in [-0.2, 0) is 30.0 Å². The van der Waals surface area contributed by atoms with E-state index in [0.29, 0.717) is 10.5 Å². The number of carboxylic acids is 1. The van der Waals surface area contributed by atoms with E-state index in [4.69, 9.17) is 4.74 Å². The van der Waals surface area contributed by atoms with Gasteiger partial charge in [0.05, 0.1) is 13.7 Å². The van der Waals surface area contributed by atoms with Gasteiger partial charge < -0.3 is 19.5 Å². The van der Waals surface area contributed by atoms with Crippen molar-refractivity contribution in [3.8, 4) is 0 Å². The zero-order valence-electron chi connectivity index (χ0n) is 14.5. The molecule has 2 atom stereocenters. The Kier molecular flexibility index (Phi) is 8.28. The number of hydrogen-bond acceptors (Lipinski definition) is 6. The van der Waals surface area contributed by atoms with Crippen molar-refractivity contribution in [3.63, 3.8) is 0 Å². The van der Waals surface area contributed by atoms with Gasteiger partial charge in [-0.3, -0.25) is 19.1 Å². The van der Waals surface area contributed by atoms with E-state index < -0.39 is 43.9 Å². The minimum absolute atomic E-state index is 0.0153. The summed E-state index contributed by atoms with van der Waals surface area (Å²) in [5.74, 6) is -2.30. The first-order valence-corrected chi connectivity index (χ1v) is 9.69. The van der Waals surface area contributed by atoms with E-state index in [9.17, 15) is 28.9 Å². The highest BCUT2D eigenvalue weighted by molar-refractivity contribution is 7.59. The number of esters is 1. The molecule has 26 heavy (non-hydrogen) atoms. The summed E-state index contributed by atoms with van der Waals surface area (Å²) in [5, 5.41) is 9.39. The molecule has 0 aromatic heterocycles. The Morgan fingerprint density at radius 2 is 1.85 bits per heavy atom. The summed E-state index contributed by atoms with van der Waals surface area (Å²) in [4.78, 5) is 46.0. The van der Waals surface area contributed by atoms with E-state index in [1.54, 1.807) is 30.3 Å². The fraction of sp³-hybridized carbons (Fsp3) is 0.438. The molecule has 1 unspecified atom stereocenters. The van der Waals surface area contributed by atoms with Crippen LogP contribution in [0.4, 0.5) is 4.79 Å². The van der Waals surface area contributed by atoms with Crippen LogP contribution in [0.3, 0.4) is 0 Å². The molecule has 0 fully saturated rings. The fourth-order valence-corrected chi connectivity index (χ4v) is 3.93. The fourth-order valence-electron chi connectivity index (χ4n) is 2.19. The Morgan fingerprint density at radius 3 is 2.35 bits per heavy atom. The molecule has 0 saturated carbocycles. The van der Waals surface area contributed by atoms with Gasteiger partial charge in [0.2, 0.25) is 7.37 Å². The standard InChI is InChI=1S/C16H22NO8P/c1-3-25-16(21)17(10-14(18)24-2)11-26(22,23)13(15(19)20)9-12-7-5-4-6-8-12/h4-8,13H,3,9-11H2,1-2H3,(H,19,20)(H,22,23)/t13-/m1/s1. The lowest BCUT2D eigenvalue weighted by Crippen LogP contribution is -2.39. The second-order valence-electron chi connectivity index (χ2n) is 5.41. The van der Waals surface area contributed by atoms with Gasteiger partial charge in [-0.2, -0.15) is 0 Å². The molecule has 144 valence electrons. The number of hydrogen-bond donors (Lipinski definition) is 2. The Balaban J connectivity index is 3.03. The molecule has 0 aliphatic rings. The summed E-state index contributed by atoms with van der Waals surface area (Å²) in [5.41, 5.74) is -1.08. The van der Waals surface area contributed by atoms with Gasteiger partial charge in [-0.25, -0.2) is 4.79 Å². The van der Waals surface area contributed by atoms with Crippen molar-refractivity contribution in [1.82, 2.24) is 4.90 Å². The second-order valence-corrected chi connectivity index (χ2v) is 7.83. The van der Waals surface area contributed by atoms with E-state index >= 15 is 0 Å². The molecule has 0 saturated heterocycles. The maximum absolute atomic E-state index is 12.7. The highest BCUT2D eigenvalue weighted by atomic mass is 31.2. The molecular weight excluding hydrogens is 365 g/mol. The van der Waals surface area contributed by atoms with Gasteiger partial charge in [-0.1, -0.05) is 30.3 Å². The van der Waals surface area contributed by atoms with Crippen LogP contribution in [0.5, 0.6) is 0 Å². The molecule has 0 spiro atoms. The van der Waals surface area contributed by atoms with Crippen molar-refractivity contribution in [2.45, 2.75) is 19.0 Å². The summed E-state index contributed by atoms with van der Waals surface area (Å²) >= 11 is 0. The van der Waals surface area contributed by atoms with Gasteiger partial charge >= 0.3 is 18.0 Å². The predicted octanol–water partition coefficient (Wildman–Crippen LogP) is 1.54. The molecule has 1 aromatic rings. The lowest BCUT2D eigenvalue weighted by Gasteiger charge is -2.26. The smallest absolute Gasteiger partial charge is 0.410 e. The normalized spacial score (nSPS) is 14.0. The molecule has 0 bridgehead atoms. The average molecular weight is 387 g/mol. The lowest BCUT2D eigenvalue weighted by molar-refractivity contribution is -0.141. The van der Waals surface area contributed by atoms with E-state index in [1.165, 1.54) is 6.92 Å². The minimum Gasteiger partial charge on any atom is -0.481 e. The van der Waals surface area contributed by atoms with Crippen molar-refractivity contribution >= 4 is 25.4 Å². The number of carboxylic acid groups (broad SMARTS) is 1. The summed E-state index contributed by atoms with van der Waals surface area (Å²) < 4.78 is 21.9. The highest BCUT2D eigenvalue weighted by Crippen LogP contribution is 2.48. The number of carbonyl (C=O) groups excluding carboxylic acids is 2. The third-order valence-electron chi connectivity index (χ3n) is 3.49. The molecule has 1 rings (SSSR count). The molecule has 0 radical (unpaired) electrons. The molecule has 1 amide bonds. The number of benzene rings is 1. The first-order chi connectivity index (χ1) is 12.2. The van der Waals surface area contributed by atoms with Crippen LogP contribution in [0.15, 0.2) is 30.3 Å². The Hall–Kier alpha value is -2.38. The Morgan fingerprint density at radius 1 is 1.23 bits per heavy atom. The maximum Gasteiger partial charge on any atom is 0.410 e. The van der Waals surface area contributed by atoms with Crippen LogP contribution in [0.25, 0.3) is 0 Å². The van der Waals surface area contributed by atoms with E-state index in [-0.39, 0.29) is 13.0 Å². The number of amides is 1. The van der Waals surface area contributed by atoms with Gasteiger partial charge in [0, 0.05) is 0 Å². The molecule has 0 aliphatic carbocycles. The number of nitrogens with zero attached hydrogens (tertiary/aromatic N) is 1. The summed E-state index contributed by atoms with van der Waals surface area (Å²) in [6.45, 7) is 0.887. The summed E-state index contributed by atoms with van der Waals surface area (Å²) in [6, 6.07) is 8.36. The predicted molar refractivity (Wildman–Crippen MR) is 92.0 cm³/mol. The minimum atomic E-state index is -4.41. The zero-order valence-corrected chi connectivity index (χ0v) is 15.4. The first-order valence-electron chi connectivity index (χ1n) is 7.78. The average Bonchev–Trinajstić information content (AvgIpc) is 2.59. The molecule has 0 heterocycles. The number of carbonyl (C=O) groups is 3. The van der Waals surface area contributed by atoms with Crippen LogP contribution in [-0.4, -0.2) is 65.1 Å². The van der Waals surface area contributed by atoms with Gasteiger partial charge in [0.1, 0.15) is 18.5 Å².